The van der Waals surface area contributed by atoms with Crippen LogP contribution in [0.25, 0.3) is 0 Å². The van der Waals surface area contributed by atoms with Gasteiger partial charge in [-0.05, 0) is 19.3 Å². The van der Waals surface area contributed by atoms with Gasteiger partial charge in [0.25, 0.3) is 0 Å². The van der Waals surface area contributed by atoms with E-state index in [0.29, 0.717) is 25.2 Å². The molecule has 1 heterocycles. The molecule has 0 amide bonds. The molecule has 2 rings (SSSR count). The van der Waals surface area contributed by atoms with Crippen LogP contribution in [0.15, 0.2) is 6.20 Å². The van der Waals surface area contributed by atoms with Crippen molar-refractivity contribution in [2.75, 3.05) is 19.8 Å². The van der Waals surface area contributed by atoms with Crippen LogP contribution in [0, 0.1) is 0 Å². The van der Waals surface area contributed by atoms with E-state index in [1.807, 2.05) is 0 Å². The molecule has 0 unspecified atom stereocenters. The first-order valence-corrected chi connectivity index (χ1v) is 8.00. The first-order chi connectivity index (χ1) is 10.2. The zero-order chi connectivity index (χ0) is 15.1. The van der Waals surface area contributed by atoms with Crippen LogP contribution < -0.4 is 10.1 Å². The van der Waals surface area contributed by atoms with Gasteiger partial charge in [-0.25, -0.2) is 9.97 Å². The molecule has 1 aromatic rings. The fraction of sp³-hybridized carbons (Fsp3) is 0.750. The first-order valence-electron chi connectivity index (χ1n) is 8.00. The van der Waals surface area contributed by atoms with Crippen molar-refractivity contribution in [1.82, 2.24) is 15.3 Å². The minimum absolute atomic E-state index is 0.326. The Kier molecular flexibility index (Phi) is 6.39. The van der Waals surface area contributed by atoms with E-state index in [2.05, 4.69) is 36.1 Å². The van der Waals surface area contributed by atoms with Gasteiger partial charge in [-0.2, -0.15) is 0 Å². The standard InChI is InChI=1S/C16H27N3O2/c1-4-7-20-8-9-21-15-11-18-16(12(2)3)19-14(15)10-17-13-5-6-13/h11-13,17H,4-10H2,1-3H3. The summed E-state index contributed by atoms with van der Waals surface area (Å²) in [6.07, 6.45) is 5.36. The summed E-state index contributed by atoms with van der Waals surface area (Å²) in [5.74, 6) is 1.97. The molecule has 1 fully saturated rings. The minimum atomic E-state index is 0.326. The molecule has 5 nitrogen and oxygen atoms in total. The van der Waals surface area contributed by atoms with Gasteiger partial charge in [0.1, 0.15) is 12.4 Å². The Morgan fingerprint density at radius 1 is 1.29 bits per heavy atom. The Hall–Kier alpha value is -1.20. The maximum absolute atomic E-state index is 5.78. The van der Waals surface area contributed by atoms with E-state index in [0.717, 1.165) is 36.8 Å². The monoisotopic (exact) mass is 293 g/mol. The summed E-state index contributed by atoms with van der Waals surface area (Å²) in [6.45, 7) is 8.98. The Bertz CT molecular complexity index is 434. The number of hydrogen-bond donors (Lipinski definition) is 1. The molecule has 21 heavy (non-hydrogen) atoms. The van der Waals surface area contributed by atoms with E-state index < -0.39 is 0 Å². The summed E-state index contributed by atoms with van der Waals surface area (Å²) in [6, 6.07) is 0.656. The molecule has 0 aliphatic heterocycles. The Labute approximate surface area is 127 Å². The summed E-state index contributed by atoms with van der Waals surface area (Å²) >= 11 is 0. The SMILES string of the molecule is CCCOCCOc1cnc(C(C)C)nc1CNC1CC1. The molecule has 1 saturated carbocycles. The van der Waals surface area contributed by atoms with Crippen LogP contribution in [0.5, 0.6) is 5.75 Å². The summed E-state index contributed by atoms with van der Waals surface area (Å²) in [7, 11) is 0. The van der Waals surface area contributed by atoms with Crippen LogP contribution in [0.3, 0.4) is 0 Å². The lowest BCUT2D eigenvalue weighted by molar-refractivity contribution is 0.0998. The smallest absolute Gasteiger partial charge is 0.160 e. The molecule has 118 valence electrons. The van der Waals surface area contributed by atoms with Crippen LogP contribution in [0.4, 0.5) is 0 Å². The van der Waals surface area contributed by atoms with E-state index in [4.69, 9.17) is 9.47 Å². The van der Waals surface area contributed by atoms with Crippen molar-refractivity contribution in [3.8, 4) is 5.75 Å². The van der Waals surface area contributed by atoms with E-state index in [1.54, 1.807) is 6.20 Å². The molecule has 1 aliphatic carbocycles. The number of ether oxygens (including phenoxy) is 2. The van der Waals surface area contributed by atoms with E-state index in [1.165, 1.54) is 12.8 Å². The average Bonchev–Trinajstić information content (AvgIpc) is 3.29. The highest BCUT2D eigenvalue weighted by Gasteiger charge is 2.21. The summed E-state index contributed by atoms with van der Waals surface area (Å²) in [5.41, 5.74) is 0.955. The highest BCUT2D eigenvalue weighted by Crippen LogP contribution is 2.22. The van der Waals surface area contributed by atoms with Gasteiger partial charge in [-0.15, -0.1) is 0 Å². The predicted octanol–water partition coefficient (Wildman–Crippen LogP) is 2.66. The first kappa shape index (κ1) is 16.2. The van der Waals surface area contributed by atoms with Crippen molar-refractivity contribution in [2.45, 2.75) is 58.5 Å². The summed E-state index contributed by atoms with van der Waals surface area (Å²) in [4.78, 5) is 9.04. The van der Waals surface area contributed by atoms with Gasteiger partial charge < -0.3 is 14.8 Å². The molecule has 0 aromatic carbocycles. The predicted molar refractivity (Wildman–Crippen MR) is 82.6 cm³/mol. The largest absolute Gasteiger partial charge is 0.488 e. The lowest BCUT2D eigenvalue weighted by Crippen LogP contribution is -2.19. The molecule has 0 saturated heterocycles. The van der Waals surface area contributed by atoms with Crippen molar-refractivity contribution in [3.05, 3.63) is 17.7 Å². The van der Waals surface area contributed by atoms with Crippen LogP contribution >= 0.6 is 0 Å². The zero-order valence-electron chi connectivity index (χ0n) is 13.4. The van der Waals surface area contributed by atoms with Gasteiger partial charge in [-0.3, -0.25) is 0 Å². The van der Waals surface area contributed by atoms with Crippen LogP contribution in [0.2, 0.25) is 0 Å². The lowest BCUT2D eigenvalue weighted by atomic mass is 10.2. The fourth-order valence-electron chi connectivity index (χ4n) is 1.93. The van der Waals surface area contributed by atoms with Gasteiger partial charge in [0.15, 0.2) is 5.75 Å². The molecule has 5 heteroatoms. The van der Waals surface area contributed by atoms with Crippen LogP contribution in [-0.4, -0.2) is 35.8 Å². The number of rotatable bonds is 10. The topological polar surface area (TPSA) is 56.3 Å². The number of aromatic nitrogens is 2. The average molecular weight is 293 g/mol. The Morgan fingerprint density at radius 2 is 2.10 bits per heavy atom. The van der Waals surface area contributed by atoms with Gasteiger partial charge in [0.05, 0.1) is 18.5 Å². The molecule has 1 N–H and O–H groups in total. The maximum Gasteiger partial charge on any atom is 0.160 e. The van der Waals surface area contributed by atoms with Gasteiger partial charge in [0, 0.05) is 25.1 Å². The quantitative estimate of drug-likeness (QED) is 0.672. The highest BCUT2D eigenvalue weighted by molar-refractivity contribution is 5.25. The number of nitrogens with zero attached hydrogens (tertiary/aromatic N) is 2. The normalized spacial score (nSPS) is 14.7. The van der Waals surface area contributed by atoms with E-state index in [9.17, 15) is 0 Å². The molecular formula is C16H27N3O2. The maximum atomic E-state index is 5.78. The molecule has 1 aliphatic rings. The number of nitrogens with one attached hydrogen (secondary N) is 1. The second-order valence-electron chi connectivity index (χ2n) is 5.81. The molecule has 0 bridgehead atoms. The molecular weight excluding hydrogens is 266 g/mol. The minimum Gasteiger partial charge on any atom is -0.488 e. The van der Waals surface area contributed by atoms with Gasteiger partial charge in [0.2, 0.25) is 0 Å². The third kappa shape index (κ3) is 5.59. The van der Waals surface area contributed by atoms with Crippen LogP contribution in [0.1, 0.15) is 57.5 Å². The Balaban J connectivity index is 1.92. The van der Waals surface area contributed by atoms with Crippen molar-refractivity contribution in [2.24, 2.45) is 0 Å². The third-order valence-electron chi connectivity index (χ3n) is 3.33. The van der Waals surface area contributed by atoms with E-state index >= 15 is 0 Å². The van der Waals surface area contributed by atoms with E-state index in [-0.39, 0.29) is 0 Å². The summed E-state index contributed by atoms with van der Waals surface area (Å²) in [5, 5.41) is 3.49. The molecule has 0 spiro atoms. The second kappa shape index (κ2) is 8.29. The zero-order valence-corrected chi connectivity index (χ0v) is 13.4. The highest BCUT2D eigenvalue weighted by atomic mass is 16.5. The van der Waals surface area contributed by atoms with Crippen molar-refractivity contribution < 1.29 is 9.47 Å². The summed E-state index contributed by atoms with van der Waals surface area (Å²) < 4.78 is 11.2. The molecule has 0 radical (unpaired) electrons. The van der Waals surface area contributed by atoms with Gasteiger partial charge in [-0.1, -0.05) is 20.8 Å². The van der Waals surface area contributed by atoms with Crippen LogP contribution in [-0.2, 0) is 11.3 Å². The number of hydrogen-bond acceptors (Lipinski definition) is 5. The van der Waals surface area contributed by atoms with Gasteiger partial charge >= 0.3 is 0 Å². The van der Waals surface area contributed by atoms with Crippen molar-refractivity contribution >= 4 is 0 Å². The molecule has 0 atom stereocenters. The second-order valence-corrected chi connectivity index (χ2v) is 5.81. The van der Waals surface area contributed by atoms with Crippen molar-refractivity contribution in [1.29, 1.82) is 0 Å². The third-order valence-corrected chi connectivity index (χ3v) is 3.33. The molecule has 1 aromatic heterocycles. The fourth-order valence-corrected chi connectivity index (χ4v) is 1.93. The van der Waals surface area contributed by atoms with Crippen molar-refractivity contribution in [3.63, 3.8) is 0 Å². The Morgan fingerprint density at radius 3 is 2.76 bits per heavy atom. The lowest BCUT2D eigenvalue weighted by Gasteiger charge is -2.13.